The van der Waals surface area contributed by atoms with Gasteiger partial charge in [0.2, 0.25) is 0 Å². The van der Waals surface area contributed by atoms with Gasteiger partial charge in [0.15, 0.2) is 0 Å². The van der Waals surface area contributed by atoms with Gasteiger partial charge < -0.3 is 5.32 Å². The van der Waals surface area contributed by atoms with E-state index in [4.69, 9.17) is 0 Å². The second-order valence-electron chi connectivity index (χ2n) is 3.37. The minimum absolute atomic E-state index is 0.418. The lowest BCUT2D eigenvalue weighted by Crippen LogP contribution is -2.11. The monoisotopic (exact) mass is 176 g/mol. The fraction of sp³-hybridized carbons (Fsp3) is 0.364. The van der Waals surface area contributed by atoms with Crippen molar-refractivity contribution in [3.05, 3.63) is 30.0 Å². The van der Waals surface area contributed by atoms with Gasteiger partial charge in [0, 0.05) is 11.7 Å². The highest BCUT2D eigenvalue weighted by Crippen LogP contribution is 2.11. The molecule has 1 aromatic rings. The SMILES string of the molecule is C=Cc1ccc(NC(C)C)nc1C. The molecule has 1 N–H and O–H groups in total. The van der Waals surface area contributed by atoms with Crippen LogP contribution in [0.15, 0.2) is 18.7 Å². The second-order valence-corrected chi connectivity index (χ2v) is 3.37. The molecule has 0 bridgehead atoms. The van der Waals surface area contributed by atoms with Crippen molar-refractivity contribution in [1.82, 2.24) is 4.98 Å². The van der Waals surface area contributed by atoms with Crippen LogP contribution in [0, 0.1) is 6.92 Å². The molecular weight excluding hydrogens is 160 g/mol. The van der Waals surface area contributed by atoms with Crippen molar-refractivity contribution in [2.24, 2.45) is 0 Å². The Morgan fingerprint density at radius 3 is 2.62 bits per heavy atom. The van der Waals surface area contributed by atoms with Gasteiger partial charge in [-0.2, -0.15) is 0 Å². The van der Waals surface area contributed by atoms with Gasteiger partial charge in [-0.3, -0.25) is 0 Å². The quantitative estimate of drug-likeness (QED) is 0.766. The highest BCUT2D eigenvalue weighted by atomic mass is 15.0. The Morgan fingerprint density at radius 2 is 2.15 bits per heavy atom. The van der Waals surface area contributed by atoms with Gasteiger partial charge in [-0.25, -0.2) is 4.98 Å². The zero-order chi connectivity index (χ0) is 9.84. The molecule has 0 aliphatic rings. The van der Waals surface area contributed by atoms with Gasteiger partial charge in [-0.1, -0.05) is 12.7 Å². The maximum Gasteiger partial charge on any atom is 0.126 e. The van der Waals surface area contributed by atoms with E-state index in [1.54, 1.807) is 0 Å². The van der Waals surface area contributed by atoms with Crippen LogP contribution in [0.5, 0.6) is 0 Å². The van der Waals surface area contributed by atoms with E-state index in [1.807, 2.05) is 25.1 Å². The molecule has 0 atom stereocenters. The van der Waals surface area contributed by atoms with Crippen LogP contribution >= 0.6 is 0 Å². The number of nitrogens with zero attached hydrogens (tertiary/aromatic N) is 1. The Hall–Kier alpha value is -1.31. The minimum atomic E-state index is 0.418. The van der Waals surface area contributed by atoms with Crippen molar-refractivity contribution in [2.45, 2.75) is 26.8 Å². The summed E-state index contributed by atoms with van der Waals surface area (Å²) in [6, 6.07) is 4.42. The fourth-order valence-corrected chi connectivity index (χ4v) is 1.16. The zero-order valence-electron chi connectivity index (χ0n) is 8.46. The predicted molar refractivity (Wildman–Crippen MR) is 57.8 cm³/mol. The van der Waals surface area contributed by atoms with E-state index in [2.05, 4.69) is 30.7 Å². The number of hydrogen-bond acceptors (Lipinski definition) is 2. The molecule has 1 rings (SSSR count). The molecule has 13 heavy (non-hydrogen) atoms. The highest BCUT2D eigenvalue weighted by Gasteiger charge is 1.99. The predicted octanol–water partition coefficient (Wildman–Crippen LogP) is 2.85. The van der Waals surface area contributed by atoms with Gasteiger partial charge in [-0.05, 0) is 38.5 Å². The van der Waals surface area contributed by atoms with Gasteiger partial charge in [0.05, 0.1) is 0 Å². The van der Waals surface area contributed by atoms with Gasteiger partial charge >= 0.3 is 0 Å². The molecule has 0 aliphatic carbocycles. The topological polar surface area (TPSA) is 24.9 Å². The third-order valence-corrected chi connectivity index (χ3v) is 1.78. The maximum absolute atomic E-state index is 4.40. The number of rotatable bonds is 3. The molecule has 1 aromatic heterocycles. The van der Waals surface area contributed by atoms with Crippen molar-refractivity contribution in [3.63, 3.8) is 0 Å². The van der Waals surface area contributed by atoms with Crippen molar-refractivity contribution < 1.29 is 0 Å². The zero-order valence-corrected chi connectivity index (χ0v) is 8.46. The van der Waals surface area contributed by atoms with E-state index in [0.29, 0.717) is 6.04 Å². The summed E-state index contributed by atoms with van der Waals surface area (Å²) >= 11 is 0. The summed E-state index contributed by atoms with van der Waals surface area (Å²) in [5.41, 5.74) is 2.11. The summed E-state index contributed by atoms with van der Waals surface area (Å²) in [7, 11) is 0. The van der Waals surface area contributed by atoms with Crippen LogP contribution < -0.4 is 5.32 Å². The van der Waals surface area contributed by atoms with Crippen LogP contribution in [0.2, 0.25) is 0 Å². The van der Waals surface area contributed by atoms with Crippen LogP contribution in [-0.2, 0) is 0 Å². The molecule has 0 spiro atoms. The lowest BCUT2D eigenvalue weighted by molar-refractivity contribution is 0.886. The van der Waals surface area contributed by atoms with Crippen molar-refractivity contribution >= 4 is 11.9 Å². The molecule has 0 fully saturated rings. The van der Waals surface area contributed by atoms with Crippen LogP contribution in [0.3, 0.4) is 0 Å². The molecule has 0 aromatic carbocycles. The summed E-state index contributed by atoms with van der Waals surface area (Å²) in [6.07, 6.45) is 1.82. The smallest absolute Gasteiger partial charge is 0.126 e. The first-order chi connectivity index (χ1) is 6.13. The number of aromatic nitrogens is 1. The van der Waals surface area contributed by atoms with Crippen LogP contribution in [0.1, 0.15) is 25.1 Å². The molecule has 70 valence electrons. The summed E-state index contributed by atoms with van der Waals surface area (Å²) in [5, 5.41) is 3.25. The molecule has 0 radical (unpaired) electrons. The average Bonchev–Trinajstić information content (AvgIpc) is 2.03. The Balaban J connectivity index is 2.89. The molecular formula is C11H16N2. The molecule has 0 amide bonds. The molecule has 2 heteroatoms. The normalized spacial score (nSPS) is 10.2. The number of aryl methyl sites for hydroxylation is 1. The fourth-order valence-electron chi connectivity index (χ4n) is 1.16. The standard InChI is InChI=1S/C11H16N2/c1-5-10-6-7-11(12-8(2)3)13-9(10)4/h5-8H,1H2,2-4H3,(H,12,13). The molecule has 2 nitrogen and oxygen atoms in total. The van der Waals surface area contributed by atoms with Crippen molar-refractivity contribution in [2.75, 3.05) is 5.32 Å². The first kappa shape index (κ1) is 9.78. The Morgan fingerprint density at radius 1 is 1.46 bits per heavy atom. The number of anilines is 1. The van der Waals surface area contributed by atoms with Crippen molar-refractivity contribution in [1.29, 1.82) is 0 Å². The maximum atomic E-state index is 4.40. The summed E-state index contributed by atoms with van der Waals surface area (Å²) in [4.78, 5) is 4.40. The first-order valence-corrected chi connectivity index (χ1v) is 4.50. The molecule has 0 saturated heterocycles. The first-order valence-electron chi connectivity index (χ1n) is 4.50. The van der Waals surface area contributed by atoms with Gasteiger partial charge in [0.25, 0.3) is 0 Å². The van der Waals surface area contributed by atoms with E-state index in [0.717, 1.165) is 17.1 Å². The lowest BCUT2D eigenvalue weighted by atomic mass is 10.2. The van der Waals surface area contributed by atoms with Gasteiger partial charge in [-0.15, -0.1) is 0 Å². The Kier molecular flexibility index (Phi) is 3.07. The number of pyridine rings is 1. The van der Waals surface area contributed by atoms with E-state index in [1.165, 1.54) is 0 Å². The second kappa shape index (κ2) is 4.08. The number of nitrogens with one attached hydrogen (secondary N) is 1. The summed E-state index contributed by atoms with van der Waals surface area (Å²) in [6.45, 7) is 9.90. The highest BCUT2D eigenvalue weighted by molar-refractivity contribution is 5.52. The van der Waals surface area contributed by atoms with E-state index >= 15 is 0 Å². The third-order valence-electron chi connectivity index (χ3n) is 1.78. The Labute approximate surface area is 79.7 Å². The van der Waals surface area contributed by atoms with Crippen LogP contribution in [-0.4, -0.2) is 11.0 Å². The van der Waals surface area contributed by atoms with Crippen LogP contribution in [0.25, 0.3) is 6.08 Å². The van der Waals surface area contributed by atoms with E-state index in [9.17, 15) is 0 Å². The van der Waals surface area contributed by atoms with Crippen molar-refractivity contribution in [3.8, 4) is 0 Å². The molecule has 1 heterocycles. The summed E-state index contributed by atoms with van der Waals surface area (Å²) < 4.78 is 0. The van der Waals surface area contributed by atoms with Gasteiger partial charge in [0.1, 0.15) is 5.82 Å². The lowest BCUT2D eigenvalue weighted by Gasteiger charge is -2.10. The molecule has 0 aliphatic heterocycles. The van der Waals surface area contributed by atoms with E-state index < -0.39 is 0 Å². The van der Waals surface area contributed by atoms with E-state index in [-0.39, 0.29) is 0 Å². The molecule has 0 unspecified atom stereocenters. The average molecular weight is 176 g/mol. The molecule has 0 saturated carbocycles. The minimum Gasteiger partial charge on any atom is -0.368 e. The number of hydrogen-bond donors (Lipinski definition) is 1. The largest absolute Gasteiger partial charge is 0.368 e. The van der Waals surface area contributed by atoms with Crippen LogP contribution in [0.4, 0.5) is 5.82 Å². The summed E-state index contributed by atoms with van der Waals surface area (Å²) in [5.74, 6) is 0.929. The third kappa shape index (κ3) is 2.58. The Bertz CT molecular complexity index is 303.